The van der Waals surface area contributed by atoms with Gasteiger partial charge in [0.1, 0.15) is 6.42 Å². The lowest BCUT2D eigenvalue weighted by atomic mass is 9.99. The SMILES string of the molecule is COC1CCN(C(=O)CC(F)(F)F)C(CN)C1. The lowest BCUT2D eigenvalue weighted by Crippen LogP contribution is -2.51. The van der Waals surface area contributed by atoms with Gasteiger partial charge in [0.05, 0.1) is 6.10 Å². The molecule has 1 saturated heterocycles. The van der Waals surface area contributed by atoms with Gasteiger partial charge in [-0.3, -0.25) is 4.79 Å². The normalized spacial score (nSPS) is 26.1. The van der Waals surface area contributed by atoms with Crippen LogP contribution >= 0.6 is 0 Å². The number of hydrogen-bond acceptors (Lipinski definition) is 3. The van der Waals surface area contributed by atoms with Crippen molar-refractivity contribution in [3.05, 3.63) is 0 Å². The van der Waals surface area contributed by atoms with Gasteiger partial charge in [0, 0.05) is 26.2 Å². The molecule has 1 heterocycles. The zero-order valence-corrected chi connectivity index (χ0v) is 9.67. The Morgan fingerprint density at radius 3 is 2.65 bits per heavy atom. The number of carbonyl (C=O) groups excluding carboxylic acids is 1. The van der Waals surface area contributed by atoms with Crippen molar-refractivity contribution in [1.82, 2.24) is 4.90 Å². The Labute approximate surface area is 97.9 Å². The van der Waals surface area contributed by atoms with E-state index in [1.165, 1.54) is 4.90 Å². The molecular formula is C10H17F3N2O2. The molecular weight excluding hydrogens is 237 g/mol. The Morgan fingerprint density at radius 2 is 2.18 bits per heavy atom. The second-order valence-corrected chi connectivity index (χ2v) is 4.15. The van der Waals surface area contributed by atoms with Crippen molar-refractivity contribution < 1.29 is 22.7 Å². The summed E-state index contributed by atoms with van der Waals surface area (Å²) >= 11 is 0. The highest BCUT2D eigenvalue weighted by Crippen LogP contribution is 2.25. The van der Waals surface area contributed by atoms with Gasteiger partial charge in [0.15, 0.2) is 0 Å². The van der Waals surface area contributed by atoms with Crippen LogP contribution in [0.4, 0.5) is 13.2 Å². The number of piperidine rings is 1. The van der Waals surface area contributed by atoms with E-state index in [1.54, 1.807) is 7.11 Å². The quantitative estimate of drug-likeness (QED) is 0.814. The van der Waals surface area contributed by atoms with Gasteiger partial charge in [-0.1, -0.05) is 0 Å². The number of nitrogens with two attached hydrogens (primary N) is 1. The molecule has 17 heavy (non-hydrogen) atoms. The van der Waals surface area contributed by atoms with E-state index in [2.05, 4.69) is 0 Å². The van der Waals surface area contributed by atoms with E-state index >= 15 is 0 Å². The van der Waals surface area contributed by atoms with E-state index < -0.39 is 18.5 Å². The van der Waals surface area contributed by atoms with E-state index in [1.807, 2.05) is 0 Å². The van der Waals surface area contributed by atoms with Crippen molar-refractivity contribution in [1.29, 1.82) is 0 Å². The molecule has 2 atom stereocenters. The Bertz CT molecular complexity index is 271. The first-order valence-electron chi connectivity index (χ1n) is 5.46. The van der Waals surface area contributed by atoms with Crippen LogP contribution in [0.15, 0.2) is 0 Å². The van der Waals surface area contributed by atoms with Crippen molar-refractivity contribution in [2.75, 3.05) is 20.2 Å². The molecule has 4 nitrogen and oxygen atoms in total. The molecule has 0 aromatic heterocycles. The first-order chi connectivity index (χ1) is 7.87. The predicted octanol–water partition coefficient (Wildman–Crippen LogP) is 0.904. The van der Waals surface area contributed by atoms with Crippen LogP contribution in [0, 0.1) is 0 Å². The summed E-state index contributed by atoms with van der Waals surface area (Å²) in [6.45, 7) is 0.429. The second-order valence-electron chi connectivity index (χ2n) is 4.15. The van der Waals surface area contributed by atoms with Gasteiger partial charge >= 0.3 is 6.18 Å². The molecule has 0 bridgehead atoms. The third-order valence-electron chi connectivity index (χ3n) is 2.95. The molecule has 0 aromatic rings. The number of methoxy groups -OCH3 is 1. The first kappa shape index (κ1) is 14.2. The summed E-state index contributed by atoms with van der Waals surface area (Å²) in [5, 5.41) is 0. The summed E-state index contributed by atoms with van der Waals surface area (Å²) in [6, 6.07) is -0.358. The Balaban J connectivity index is 2.60. The highest BCUT2D eigenvalue weighted by Gasteiger charge is 2.37. The minimum Gasteiger partial charge on any atom is -0.381 e. The van der Waals surface area contributed by atoms with Gasteiger partial charge in [0.2, 0.25) is 5.91 Å². The van der Waals surface area contributed by atoms with E-state index in [-0.39, 0.29) is 25.2 Å². The van der Waals surface area contributed by atoms with Crippen molar-refractivity contribution in [2.24, 2.45) is 5.73 Å². The molecule has 0 saturated carbocycles. The average Bonchev–Trinajstić information content (AvgIpc) is 2.25. The Hall–Kier alpha value is -0.820. The molecule has 2 N–H and O–H groups in total. The number of alkyl halides is 3. The van der Waals surface area contributed by atoms with Crippen LogP contribution in [0.25, 0.3) is 0 Å². The predicted molar refractivity (Wildman–Crippen MR) is 55.3 cm³/mol. The van der Waals surface area contributed by atoms with E-state index in [0.717, 1.165) is 0 Å². The lowest BCUT2D eigenvalue weighted by Gasteiger charge is -2.38. The summed E-state index contributed by atoms with van der Waals surface area (Å²) in [4.78, 5) is 12.7. The molecule has 0 aromatic carbocycles. The van der Waals surface area contributed by atoms with Gasteiger partial charge in [-0.2, -0.15) is 13.2 Å². The van der Waals surface area contributed by atoms with Crippen LogP contribution in [0.1, 0.15) is 19.3 Å². The lowest BCUT2D eigenvalue weighted by molar-refractivity contribution is -0.165. The molecule has 0 spiro atoms. The molecule has 1 fully saturated rings. The van der Waals surface area contributed by atoms with Crippen LogP contribution in [0.3, 0.4) is 0 Å². The standard InChI is InChI=1S/C10H17F3N2O2/c1-17-8-2-3-15(7(4-8)6-14)9(16)5-10(11,12)13/h7-8H,2-6,14H2,1H3. The summed E-state index contributed by atoms with van der Waals surface area (Å²) in [5.74, 6) is -0.900. The second kappa shape index (κ2) is 5.68. The minimum absolute atomic E-state index is 0.0292. The monoisotopic (exact) mass is 254 g/mol. The van der Waals surface area contributed by atoms with E-state index in [9.17, 15) is 18.0 Å². The summed E-state index contributed by atoms with van der Waals surface area (Å²) < 4.78 is 41.5. The number of hydrogen-bond donors (Lipinski definition) is 1. The van der Waals surface area contributed by atoms with Gasteiger partial charge in [0.25, 0.3) is 0 Å². The zero-order valence-electron chi connectivity index (χ0n) is 9.67. The zero-order chi connectivity index (χ0) is 13.1. The van der Waals surface area contributed by atoms with E-state index in [0.29, 0.717) is 12.8 Å². The fourth-order valence-corrected chi connectivity index (χ4v) is 2.05. The van der Waals surface area contributed by atoms with Crippen LogP contribution in [0.2, 0.25) is 0 Å². The topological polar surface area (TPSA) is 55.6 Å². The van der Waals surface area contributed by atoms with Crippen molar-refractivity contribution >= 4 is 5.91 Å². The maximum atomic E-state index is 12.1. The highest BCUT2D eigenvalue weighted by molar-refractivity contribution is 5.77. The summed E-state index contributed by atoms with van der Waals surface area (Å²) in [6.07, 6.45) is -4.86. The Morgan fingerprint density at radius 1 is 1.53 bits per heavy atom. The Kier molecular flexibility index (Phi) is 4.76. The largest absolute Gasteiger partial charge is 0.397 e. The molecule has 1 aliphatic heterocycles. The average molecular weight is 254 g/mol. The third kappa shape index (κ3) is 4.16. The van der Waals surface area contributed by atoms with Crippen LogP contribution in [0.5, 0.6) is 0 Å². The van der Waals surface area contributed by atoms with Crippen LogP contribution < -0.4 is 5.73 Å². The third-order valence-corrected chi connectivity index (χ3v) is 2.95. The van der Waals surface area contributed by atoms with Crippen molar-refractivity contribution in [3.63, 3.8) is 0 Å². The number of carbonyl (C=O) groups is 1. The number of nitrogens with zero attached hydrogens (tertiary/aromatic N) is 1. The fraction of sp³-hybridized carbons (Fsp3) is 0.900. The maximum Gasteiger partial charge on any atom is 0.397 e. The summed E-state index contributed by atoms with van der Waals surface area (Å²) in [5.41, 5.74) is 5.48. The van der Waals surface area contributed by atoms with Gasteiger partial charge < -0.3 is 15.4 Å². The van der Waals surface area contributed by atoms with Crippen LogP contribution in [-0.2, 0) is 9.53 Å². The molecule has 0 aliphatic carbocycles. The van der Waals surface area contributed by atoms with Gasteiger partial charge in [-0.25, -0.2) is 0 Å². The number of amides is 1. The maximum absolute atomic E-state index is 12.1. The molecule has 1 rings (SSSR count). The minimum atomic E-state index is -4.46. The number of halogens is 3. The van der Waals surface area contributed by atoms with Crippen LogP contribution in [-0.4, -0.2) is 49.3 Å². The number of rotatable bonds is 3. The molecule has 0 radical (unpaired) electrons. The van der Waals surface area contributed by atoms with Crippen molar-refractivity contribution in [3.8, 4) is 0 Å². The highest BCUT2D eigenvalue weighted by atomic mass is 19.4. The summed E-state index contributed by atoms with van der Waals surface area (Å²) in [7, 11) is 1.55. The molecule has 2 unspecified atom stereocenters. The number of ether oxygens (including phenoxy) is 1. The molecule has 7 heteroatoms. The first-order valence-corrected chi connectivity index (χ1v) is 5.46. The van der Waals surface area contributed by atoms with Gasteiger partial charge in [-0.05, 0) is 12.8 Å². The molecule has 100 valence electrons. The smallest absolute Gasteiger partial charge is 0.381 e. The van der Waals surface area contributed by atoms with E-state index in [4.69, 9.17) is 10.5 Å². The number of likely N-dealkylation sites (tertiary alicyclic amines) is 1. The van der Waals surface area contributed by atoms with Crippen molar-refractivity contribution in [2.45, 2.75) is 37.6 Å². The van der Waals surface area contributed by atoms with Gasteiger partial charge in [-0.15, -0.1) is 0 Å². The molecule has 1 amide bonds. The molecule has 1 aliphatic rings. The fourth-order valence-electron chi connectivity index (χ4n) is 2.05.